The minimum atomic E-state index is 0.0830. The van der Waals surface area contributed by atoms with Crippen LogP contribution in [0.3, 0.4) is 0 Å². The van der Waals surface area contributed by atoms with Gasteiger partial charge in [0.15, 0.2) is 5.82 Å². The fraction of sp³-hybridized carbons (Fsp3) is 0.438. The van der Waals surface area contributed by atoms with Crippen LogP contribution >= 0.6 is 0 Å². The molecule has 3 aromatic rings. The molecule has 0 spiro atoms. The van der Waals surface area contributed by atoms with Crippen molar-refractivity contribution in [2.75, 3.05) is 17.2 Å². The van der Waals surface area contributed by atoms with Crippen LogP contribution in [0, 0.1) is 5.92 Å². The van der Waals surface area contributed by atoms with Crippen LogP contribution < -0.4 is 10.6 Å². The normalized spacial score (nSPS) is 15.6. The van der Waals surface area contributed by atoms with Crippen LogP contribution in [0.15, 0.2) is 18.3 Å². The number of anilines is 3. The van der Waals surface area contributed by atoms with Gasteiger partial charge in [0.25, 0.3) is 0 Å². The van der Waals surface area contributed by atoms with E-state index < -0.39 is 0 Å². The van der Waals surface area contributed by atoms with E-state index in [0.717, 1.165) is 28.5 Å². The van der Waals surface area contributed by atoms with Gasteiger partial charge in [-0.05, 0) is 31.7 Å². The summed E-state index contributed by atoms with van der Waals surface area (Å²) >= 11 is 0. The van der Waals surface area contributed by atoms with Crippen LogP contribution in [0.1, 0.15) is 25.5 Å². The molecule has 0 bridgehead atoms. The quantitative estimate of drug-likeness (QED) is 0.454. The minimum Gasteiger partial charge on any atom is -0.396 e. The highest BCUT2D eigenvalue weighted by molar-refractivity contribution is 5.88. The molecule has 0 radical (unpaired) electrons. The largest absolute Gasteiger partial charge is 0.396 e. The molecule has 1 fully saturated rings. The Balaban J connectivity index is 1.59. The molecule has 3 aromatic heterocycles. The second-order valence-corrected chi connectivity index (χ2v) is 6.28. The summed E-state index contributed by atoms with van der Waals surface area (Å²) in [4.78, 5) is 12.2. The lowest BCUT2D eigenvalue weighted by molar-refractivity contribution is 0.298. The van der Waals surface area contributed by atoms with Crippen molar-refractivity contribution in [1.82, 2.24) is 25.1 Å². The number of aromatic amines is 2. The van der Waals surface area contributed by atoms with Crippen molar-refractivity contribution in [2.45, 2.75) is 32.2 Å². The maximum atomic E-state index is 8.98. The molecule has 8 nitrogen and oxygen atoms in total. The zero-order valence-corrected chi connectivity index (χ0v) is 13.5. The standard InChI is InChI=1S/C16H21N7O/c1-9(10-2-3-10)18-15-12-4-6-17-14(12)20-16(21-15)19-13-8-11(5-7-24)22-23-13/h4,6,8-10,24H,2-3,5,7H2,1H3,(H4,17,18,19,20,21,22,23). The summed E-state index contributed by atoms with van der Waals surface area (Å²) in [6, 6.07) is 4.22. The van der Waals surface area contributed by atoms with Gasteiger partial charge in [-0.25, -0.2) is 0 Å². The summed E-state index contributed by atoms with van der Waals surface area (Å²) in [5, 5.41) is 23.6. The summed E-state index contributed by atoms with van der Waals surface area (Å²) in [6.45, 7) is 2.28. The van der Waals surface area contributed by atoms with E-state index in [9.17, 15) is 0 Å². The molecule has 24 heavy (non-hydrogen) atoms. The van der Waals surface area contributed by atoms with Gasteiger partial charge in [0.2, 0.25) is 5.95 Å². The Morgan fingerprint density at radius 1 is 1.38 bits per heavy atom. The molecule has 1 aliphatic rings. The first-order valence-corrected chi connectivity index (χ1v) is 8.27. The lowest BCUT2D eigenvalue weighted by Crippen LogP contribution is -2.18. The highest BCUT2D eigenvalue weighted by Gasteiger charge is 2.28. The summed E-state index contributed by atoms with van der Waals surface area (Å²) in [5.74, 6) is 2.68. The number of aromatic nitrogens is 5. The third kappa shape index (κ3) is 3.05. The van der Waals surface area contributed by atoms with E-state index in [1.165, 1.54) is 12.8 Å². The highest BCUT2D eigenvalue weighted by Crippen LogP contribution is 2.34. The van der Waals surface area contributed by atoms with Gasteiger partial charge in [-0.1, -0.05) is 0 Å². The molecular weight excluding hydrogens is 306 g/mol. The molecule has 4 rings (SSSR count). The number of fused-ring (bicyclic) bond motifs is 1. The third-order valence-electron chi connectivity index (χ3n) is 4.36. The second kappa shape index (κ2) is 6.12. The Morgan fingerprint density at radius 3 is 3.04 bits per heavy atom. The van der Waals surface area contributed by atoms with Crippen LogP contribution in [0.5, 0.6) is 0 Å². The van der Waals surface area contributed by atoms with Crippen LogP contribution in [-0.2, 0) is 6.42 Å². The zero-order valence-electron chi connectivity index (χ0n) is 13.5. The second-order valence-electron chi connectivity index (χ2n) is 6.28. The molecule has 3 heterocycles. The molecule has 1 atom stereocenters. The van der Waals surface area contributed by atoms with Gasteiger partial charge in [-0.2, -0.15) is 15.1 Å². The van der Waals surface area contributed by atoms with E-state index in [2.05, 4.69) is 42.7 Å². The van der Waals surface area contributed by atoms with Crippen LogP contribution in [0.2, 0.25) is 0 Å². The SMILES string of the molecule is CC(Nc1nc(Nc2cc(CCO)[nH]n2)nc2[nH]ccc12)C1CC1. The molecule has 5 N–H and O–H groups in total. The van der Waals surface area contributed by atoms with E-state index >= 15 is 0 Å². The number of aliphatic hydroxyl groups excluding tert-OH is 1. The van der Waals surface area contributed by atoms with Gasteiger partial charge >= 0.3 is 0 Å². The van der Waals surface area contributed by atoms with Gasteiger partial charge in [0.05, 0.1) is 5.39 Å². The molecule has 1 unspecified atom stereocenters. The van der Waals surface area contributed by atoms with Gasteiger partial charge in [0.1, 0.15) is 11.5 Å². The maximum Gasteiger partial charge on any atom is 0.232 e. The molecule has 8 heteroatoms. The Hall–Kier alpha value is -2.61. The molecule has 0 aliphatic heterocycles. The fourth-order valence-electron chi connectivity index (χ4n) is 2.83. The fourth-order valence-corrected chi connectivity index (χ4v) is 2.83. The van der Waals surface area contributed by atoms with Crippen LogP contribution in [0.4, 0.5) is 17.6 Å². The molecule has 0 aromatic carbocycles. The van der Waals surface area contributed by atoms with Gasteiger partial charge in [0, 0.05) is 37.0 Å². The summed E-state index contributed by atoms with van der Waals surface area (Å²) in [5.41, 5.74) is 1.64. The van der Waals surface area contributed by atoms with Crippen molar-refractivity contribution in [3.63, 3.8) is 0 Å². The Labute approximate surface area is 139 Å². The molecule has 126 valence electrons. The Bertz CT molecular complexity index is 836. The number of hydrogen-bond acceptors (Lipinski definition) is 6. The predicted molar refractivity (Wildman–Crippen MR) is 92.4 cm³/mol. The average Bonchev–Trinajstić information content (AvgIpc) is 3.16. The van der Waals surface area contributed by atoms with Crippen molar-refractivity contribution < 1.29 is 5.11 Å². The predicted octanol–water partition coefficient (Wildman–Crippen LogP) is 2.17. The average molecular weight is 327 g/mol. The number of rotatable bonds is 7. The number of nitrogens with zero attached hydrogens (tertiary/aromatic N) is 3. The summed E-state index contributed by atoms with van der Waals surface area (Å²) < 4.78 is 0. The molecular formula is C16H21N7O. The van der Waals surface area contributed by atoms with E-state index in [-0.39, 0.29) is 6.61 Å². The lowest BCUT2D eigenvalue weighted by Gasteiger charge is -2.15. The van der Waals surface area contributed by atoms with Crippen molar-refractivity contribution in [3.05, 3.63) is 24.0 Å². The van der Waals surface area contributed by atoms with E-state index in [0.29, 0.717) is 24.2 Å². The van der Waals surface area contributed by atoms with E-state index in [1.807, 2.05) is 18.3 Å². The van der Waals surface area contributed by atoms with Crippen molar-refractivity contribution in [1.29, 1.82) is 0 Å². The van der Waals surface area contributed by atoms with Crippen molar-refractivity contribution in [3.8, 4) is 0 Å². The highest BCUT2D eigenvalue weighted by atomic mass is 16.3. The Morgan fingerprint density at radius 2 is 2.25 bits per heavy atom. The maximum absolute atomic E-state index is 8.98. The summed E-state index contributed by atoms with van der Waals surface area (Å²) in [7, 11) is 0. The number of aliphatic hydroxyl groups is 1. The van der Waals surface area contributed by atoms with Crippen LogP contribution in [-0.4, -0.2) is 42.9 Å². The first-order chi connectivity index (χ1) is 11.7. The number of H-pyrrole nitrogens is 2. The van der Waals surface area contributed by atoms with Crippen molar-refractivity contribution >= 4 is 28.6 Å². The molecule has 1 aliphatic carbocycles. The molecule has 1 saturated carbocycles. The third-order valence-corrected chi connectivity index (χ3v) is 4.36. The van der Waals surface area contributed by atoms with Gasteiger partial charge in [-0.15, -0.1) is 0 Å². The Kier molecular flexibility index (Phi) is 3.81. The molecule has 0 saturated heterocycles. The topological polar surface area (TPSA) is 115 Å². The van der Waals surface area contributed by atoms with Gasteiger partial charge < -0.3 is 20.7 Å². The number of nitrogens with one attached hydrogen (secondary N) is 4. The first kappa shape index (κ1) is 14.9. The minimum absolute atomic E-state index is 0.0830. The first-order valence-electron chi connectivity index (χ1n) is 8.27. The summed E-state index contributed by atoms with van der Waals surface area (Å²) in [6.07, 6.45) is 4.96. The molecule has 0 amide bonds. The van der Waals surface area contributed by atoms with Gasteiger partial charge in [-0.3, -0.25) is 5.10 Å². The van der Waals surface area contributed by atoms with E-state index in [1.54, 1.807) is 0 Å². The number of hydrogen-bond donors (Lipinski definition) is 5. The monoisotopic (exact) mass is 327 g/mol. The zero-order chi connectivity index (χ0) is 16.5. The smallest absolute Gasteiger partial charge is 0.232 e. The van der Waals surface area contributed by atoms with E-state index in [4.69, 9.17) is 5.11 Å². The van der Waals surface area contributed by atoms with Crippen LogP contribution in [0.25, 0.3) is 11.0 Å². The van der Waals surface area contributed by atoms with Crippen molar-refractivity contribution in [2.24, 2.45) is 5.92 Å². The lowest BCUT2D eigenvalue weighted by atomic mass is 10.2.